The number of carboxylic acid groups (broad SMARTS) is 1. The van der Waals surface area contributed by atoms with E-state index in [1.807, 2.05) is 0 Å². The number of carbonyl (C=O) groups is 1. The van der Waals surface area contributed by atoms with Gasteiger partial charge in [-0.3, -0.25) is 0 Å². The van der Waals surface area contributed by atoms with E-state index in [0.29, 0.717) is 23.3 Å². The molecule has 4 saturated carbocycles. The van der Waals surface area contributed by atoms with Crippen LogP contribution in [0.1, 0.15) is 115 Å². The fourth-order valence-corrected chi connectivity index (χ4v) is 10.4. The number of hydrogen-bond acceptors (Lipinski definition) is 3. The van der Waals surface area contributed by atoms with Gasteiger partial charge in [0.25, 0.3) is 0 Å². The fraction of sp³-hybridized carbons (Fsp3) is 0.812. The van der Waals surface area contributed by atoms with Gasteiger partial charge in [0.15, 0.2) is 0 Å². The second kappa shape index (κ2) is 10.3. The maximum atomic E-state index is 11.0. The molecule has 4 fully saturated rings. The number of aromatic nitrogens is 1. The molecular weight excluding hydrogens is 446 g/mol. The molecule has 0 spiro atoms. The molecule has 1 heterocycles. The Labute approximate surface area is 219 Å². The first-order valence-corrected chi connectivity index (χ1v) is 15.1. The van der Waals surface area contributed by atoms with Crippen molar-refractivity contribution in [3.05, 3.63) is 23.9 Å². The minimum Gasteiger partial charge on any atom is -0.478 e. The first-order chi connectivity index (χ1) is 17.3. The van der Waals surface area contributed by atoms with Crippen molar-refractivity contribution in [3.8, 4) is 5.88 Å². The number of nitrogens with zero attached hydrogens (tertiary/aromatic N) is 1. The van der Waals surface area contributed by atoms with Crippen LogP contribution in [-0.4, -0.2) is 22.7 Å². The van der Waals surface area contributed by atoms with Gasteiger partial charge in [0.05, 0.1) is 12.2 Å². The summed E-state index contributed by atoms with van der Waals surface area (Å²) in [5.74, 6) is 5.98. The van der Waals surface area contributed by atoms with Crippen LogP contribution in [-0.2, 0) is 0 Å². The topological polar surface area (TPSA) is 59.4 Å². The molecule has 1 unspecified atom stereocenters. The lowest BCUT2D eigenvalue weighted by molar-refractivity contribution is -0.138. The average Bonchev–Trinajstić information content (AvgIpc) is 3.23. The van der Waals surface area contributed by atoms with E-state index >= 15 is 0 Å². The van der Waals surface area contributed by atoms with E-state index < -0.39 is 5.97 Å². The molecule has 0 radical (unpaired) electrons. The zero-order valence-electron chi connectivity index (χ0n) is 23.2. The number of fused-ring (bicyclic) bond motifs is 5. The van der Waals surface area contributed by atoms with Crippen LogP contribution in [0.15, 0.2) is 18.3 Å². The lowest BCUT2D eigenvalue weighted by Gasteiger charge is -2.63. The second-order valence-electron chi connectivity index (χ2n) is 13.5. The van der Waals surface area contributed by atoms with Crippen molar-refractivity contribution in [3.63, 3.8) is 0 Å². The number of aromatic carboxylic acids is 1. The summed E-state index contributed by atoms with van der Waals surface area (Å²) in [6.07, 6.45) is 18.3. The normalized spacial score (nSPS) is 40.6. The summed E-state index contributed by atoms with van der Waals surface area (Å²) in [4.78, 5) is 15.1. The summed E-state index contributed by atoms with van der Waals surface area (Å²) in [6, 6.07) is 3.23. The van der Waals surface area contributed by atoms with Gasteiger partial charge in [-0.05, 0) is 116 Å². The molecule has 0 aliphatic heterocycles. The maximum absolute atomic E-state index is 11.0. The van der Waals surface area contributed by atoms with E-state index in [1.54, 1.807) is 12.1 Å². The zero-order chi connectivity index (χ0) is 25.5. The summed E-state index contributed by atoms with van der Waals surface area (Å²) in [5.41, 5.74) is 1.33. The number of rotatable bonds is 8. The predicted molar refractivity (Wildman–Crippen MR) is 144 cm³/mol. The van der Waals surface area contributed by atoms with E-state index in [9.17, 15) is 4.79 Å². The molecule has 5 rings (SSSR count). The van der Waals surface area contributed by atoms with E-state index in [0.717, 1.165) is 47.8 Å². The molecule has 4 heteroatoms. The molecule has 200 valence electrons. The van der Waals surface area contributed by atoms with Crippen molar-refractivity contribution in [2.24, 2.45) is 52.3 Å². The molecule has 0 saturated heterocycles. The number of pyridine rings is 1. The maximum Gasteiger partial charge on any atom is 0.337 e. The molecule has 4 aliphatic rings. The van der Waals surface area contributed by atoms with Crippen LogP contribution in [0.3, 0.4) is 0 Å². The van der Waals surface area contributed by atoms with E-state index in [4.69, 9.17) is 9.84 Å². The van der Waals surface area contributed by atoms with Crippen LogP contribution >= 0.6 is 0 Å². The van der Waals surface area contributed by atoms with Crippen molar-refractivity contribution < 1.29 is 14.6 Å². The van der Waals surface area contributed by atoms with Crippen molar-refractivity contribution in [2.45, 2.75) is 105 Å². The Bertz CT molecular complexity index is 914. The standard InChI is InChI=1S/C32H49NO3/c1-5-22-19-24-27-13-12-25(21(2)9-8-18-36-29-14-11-23(20-33-29)30(34)35)32(27,4)17-15-28(24)31(3)16-7-6-10-26(22)31/h11,14,20-22,24-28H,5-10,12-13,15-19H2,1-4H3,(H,34,35)/t21-,22+,24+,25-,26+,27?,28+,31+,32-/m1/s1. The van der Waals surface area contributed by atoms with Crippen LogP contribution in [0.5, 0.6) is 5.88 Å². The first kappa shape index (κ1) is 26.0. The average molecular weight is 496 g/mol. The summed E-state index contributed by atoms with van der Waals surface area (Å²) in [5, 5.41) is 9.03. The molecule has 9 atom stereocenters. The molecular formula is C32H49NO3. The third-order valence-corrected chi connectivity index (χ3v) is 12.1. The molecule has 0 aromatic carbocycles. The SMILES string of the molecule is CC[C@H]1C[C@H]2C3CC[C@H]([C@H](C)CCCOc4ccc(C(=O)O)cn4)[C@@]3(C)CC[C@@H]2[C@@]2(C)CCCC[C@@H]12. The summed E-state index contributed by atoms with van der Waals surface area (Å²) in [6.45, 7) is 11.0. The molecule has 4 nitrogen and oxygen atoms in total. The Kier molecular flexibility index (Phi) is 7.45. The third-order valence-electron chi connectivity index (χ3n) is 12.1. The van der Waals surface area contributed by atoms with Gasteiger partial charge >= 0.3 is 5.97 Å². The van der Waals surface area contributed by atoms with Gasteiger partial charge in [0.1, 0.15) is 0 Å². The van der Waals surface area contributed by atoms with Crippen molar-refractivity contribution in [1.29, 1.82) is 0 Å². The van der Waals surface area contributed by atoms with Gasteiger partial charge in [-0.15, -0.1) is 0 Å². The Morgan fingerprint density at radius 3 is 2.61 bits per heavy atom. The second-order valence-corrected chi connectivity index (χ2v) is 13.5. The lowest BCUT2D eigenvalue weighted by Crippen LogP contribution is -2.55. The van der Waals surface area contributed by atoms with Gasteiger partial charge in [-0.2, -0.15) is 0 Å². The smallest absolute Gasteiger partial charge is 0.337 e. The molecule has 0 bridgehead atoms. The Morgan fingerprint density at radius 2 is 1.89 bits per heavy atom. The Hall–Kier alpha value is -1.58. The van der Waals surface area contributed by atoms with Gasteiger partial charge in [0.2, 0.25) is 5.88 Å². The molecule has 4 aliphatic carbocycles. The van der Waals surface area contributed by atoms with Crippen molar-refractivity contribution in [1.82, 2.24) is 4.98 Å². The first-order valence-electron chi connectivity index (χ1n) is 15.1. The number of carboxylic acids is 1. The molecule has 1 aromatic rings. The van der Waals surface area contributed by atoms with Crippen LogP contribution in [0.25, 0.3) is 0 Å². The summed E-state index contributed by atoms with van der Waals surface area (Å²) >= 11 is 0. The largest absolute Gasteiger partial charge is 0.478 e. The number of ether oxygens (including phenoxy) is 1. The minimum atomic E-state index is -0.952. The van der Waals surface area contributed by atoms with Crippen molar-refractivity contribution >= 4 is 5.97 Å². The molecule has 1 N–H and O–H groups in total. The fourth-order valence-electron chi connectivity index (χ4n) is 10.4. The van der Waals surface area contributed by atoms with Crippen LogP contribution < -0.4 is 4.74 Å². The van der Waals surface area contributed by atoms with E-state index in [1.165, 1.54) is 76.8 Å². The van der Waals surface area contributed by atoms with Gasteiger partial charge in [-0.25, -0.2) is 9.78 Å². The quantitative estimate of drug-likeness (QED) is 0.369. The third kappa shape index (κ3) is 4.49. The highest BCUT2D eigenvalue weighted by atomic mass is 16.5. The highest BCUT2D eigenvalue weighted by Gasteiger charge is 2.61. The van der Waals surface area contributed by atoms with Crippen molar-refractivity contribution in [2.75, 3.05) is 6.61 Å². The zero-order valence-corrected chi connectivity index (χ0v) is 23.2. The van der Waals surface area contributed by atoms with Crippen LogP contribution in [0.4, 0.5) is 0 Å². The van der Waals surface area contributed by atoms with Gasteiger partial charge < -0.3 is 9.84 Å². The minimum absolute atomic E-state index is 0.200. The van der Waals surface area contributed by atoms with Crippen LogP contribution in [0, 0.1) is 52.3 Å². The molecule has 0 amide bonds. The molecule has 36 heavy (non-hydrogen) atoms. The Balaban J connectivity index is 1.19. The summed E-state index contributed by atoms with van der Waals surface area (Å²) in [7, 11) is 0. The highest BCUT2D eigenvalue weighted by molar-refractivity contribution is 5.87. The highest BCUT2D eigenvalue weighted by Crippen LogP contribution is 2.69. The Morgan fingerprint density at radius 1 is 1.08 bits per heavy atom. The number of hydrogen-bond donors (Lipinski definition) is 1. The van der Waals surface area contributed by atoms with Gasteiger partial charge in [-0.1, -0.05) is 47.0 Å². The lowest BCUT2D eigenvalue weighted by atomic mass is 9.42. The predicted octanol–water partition coefficient (Wildman–Crippen LogP) is 8.26. The van der Waals surface area contributed by atoms with Gasteiger partial charge in [0, 0.05) is 12.3 Å². The van der Waals surface area contributed by atoms with Crippen LogP contribution in [0.2, 0.25) is 0 Å². The molecule has 1 aromatic heterocycles. The van der Waals surface area contributed by atoms with E-state index in [2.05, 4.69) is 32.7 Å². The van der Waals surface area contributed by atoms with E-state index in [-0.39, 0.29) is 5.56 Å². The summed E-state index contributed by atoms with van der Waals surface area (Å²) < 4.78 is 5.84. The monoisotopic (exact) mass is 495 g/mol.